The van der Waals surface area contributed by atoms with Crippen LogP contribution in [0.1, 0.15) is 22.8 Å². The van der Waals surface area contributed by atoms with Crippen LogP contribution in [0.5, 0.6) is 0 Å². The second kappa shape index (κ2) is 6.57. The van der Waals surface area contributed by atoms with Crippen LogP contribution < -0.4 is 5.73 Å². The van der Waals surface area contributed by atoms with Crippen molar-refractivity contribution in [2.45, 2.75) is 13.5 Å². The van der Waals surface area contributed by atoms with Crippen LogP contribution in [0.25, 0.3) is 0 Å². The fourth-order valence-corrected chi connectivity index (χ4v) is 2.37. The molecule has 20 heavy (non-hydrogen) atoms. The molecule has 4 heteroatoms. The summed E-state index contributed by atoms with van der Waals surface area (Å²) in [5.74, 6) is 0.0330. The van der Waals surface area contributed by atoms with E-state index in [1.165, 1.54) is 0 Å². The van der Waals surface area contributed by atoms with E-state index in [4.69, 9.17) is 5.73 Å². The largest absolute Gasteiger partial charge is 0.399 e. The predicted molar refractivity (Wildman–Crippen MR) is 85.4 cm³/mol. The van der Waals surface area contributed by atoms with E-state index in [0.29, 0.717) is 18.7 Å². The highest BCUT2D eigenvalue weighted by atomic mass is 79.9. The molecule has 0 unspecified atom stereocenters. The van der Waals surface area contributed by atoms with Gasteiger partial charge in [0, 0.05) is 28.8 Å². The fraction of sp³-hybridized carbons (Fsp3) is 0.188. The Labute approximate surface area is 127 Å². The molecule has 1 amide bonds. The minimum absolute atomic E-state index is 0.0330. The fourth-order valence-electron chi connectivity index (χ4n) is 1.97. The summed E-state index contributed by atoms with van der Waals surface area (Å²) < 4.78 is 0.909. The van der Waals surface area contributed by atoms with Gasteiger partial charge in [-0.2, -0.15) is 0 Å². The molecule has 0 aliphatic carbocycles. The van der Waals surface area contributed by atoms with E-state index in [1.54, 1.807) is 0 Å². The maximum absolute atomic E-state index is 12.5. The van der Waals surface area contributed by atoms with Crippen molar-refractivity contribution in [3.8, 4) is 0 Å². The van der Waals surface area contributed by atoms with E-state index in [0.717, 1.165) is 15.7 Å². The Morgan fingerprint density at radius 3 is 2.50 bits per heavy atom. The van der Waals surface area contributed by atoms with E-state index >= 15 is 0 Å². The van der Waals surface area contributed by atoms with Crippen molar-refractivity contribution in [3.05, 3.63) is 64.1 Å². The third kappa shape index (κ3) is 3.61. The standard InChI is InChI=1S/C16H17BrN2O/c1-2-19(11-12-6-8-15(18)9-7-12)16(20)13-4-3-5-14(17)10-13/h3-10H,2,11,18H2,1H3. The molecular formula is C16H17BrN2O. The summed E-state index contributed by atoms with van der Waals surface area (Å²) in [6.07, 6.45) is 0. The summed E-state index contributed by atoms with van der Waals surface area (Å²) in [7, 11) is 0. The Morgan fingerprint density at radius 1 is 1.20 bits per heavy atom. The number of carbonyl (C=O) groups is 1. The minimum Gasteiger partial charge on any atom is -0.399 e. The van der Waals surface area contributed by atoms with Crippen LogP contribution in [-0.2, 0) is 6.54 Å². The summed E-state index contributed by atoms with van der Waals surface area (Å²) >= 11 is 3.39. The maximum atomic E-state index is 12.5. The van der Waals surface area contributed by atoms with Gasteiger partial charge in [-0.1, -0.05) is 34.1 Å². The average molecular weight is 333 g/mol. The van der Waals surface area contributed by atoms with Crippen molar-refractivity contribution < 1.29 is 4.79 Å². The van der Waals surface area contributed by atoms with E-state index in [-0.39, 0.29) is 5.91 Å². The van der Waals surface area contributed by atoms with Gasteiger partial charge in [-0.15, -0.1) is 0 Å². The SMILES string of the molecule is CCN(Cc1ccc(N)cc1)C(=O)c1cccc(Br)c1. The average Bonchev–Trinajstić information content (AvgIpc) is 2.46. The van der Waals surface area contributed by atoms with Gasteiger partial charge in [0.1, 0.15) is 0 Å². The number of carbonyl (C=O) groups excluding carboxylic acids is 1. The Morgan fingerprint density at radius 2 is 1.90 bits per heavy atom. The van der Waals surface area contributed by atoms with Gasteiger partial charge in [0.05, 0.1) is 0 Å². The van der Waals surface area contributed by atoms with Gasteiger partial charge >= 0.3 is 0 Å². The molecule has 0 aromatic heterocycles. The van der Waals surface area contributed by atoms with Crippen LogP contribution >= 0.6 is 15.9 Å². The maximum Gasteiger partial charge on any atom is 0.254 e. The molecule has 0 radical (unpaired) electrons. The summed E-state index contributed by atoms with van der Waals surface area (Å²) in [5, 5.41) is 0. The Hall–Kier alpha value is -1.81. The van der Waals surface area contributed by atoms with Crippen molar-refractivity contribution >= 4 is 27.5 Å². The lowest BCUT2D eigenvalue weighted by Gasteiger charge is -2.21. The van der Waals surface area contributed by atoms with Crippen LogP contribution in [0.4, 0.5) is 5.69 Å². The molecule has 2 aromatic rings. The van der Waals surface area contributed by atoms with Gasteiger partial charge in [-0.25, -0.2) is 0 Å². The number of halogens is 1. The molecule has 0 saturated heterocycles. The smallest absolute Gasteiger partial charge is 0.254 e. The van der Waals surface area contributed by atoms with Gasteiger partial charge in [0.2, 0.25) is 0 Å². The first-order valence-corrected chi connectivity index (χ1v) is 7.28. The van der Waals surface area contributed by atoms with Gasteiger partial charge in [-0.3, -0.25) is 4.79 Å². The first kappa shape index (κ1) is 14.6. The second-order valence-corrected chi connectivity index (χ2v) is 5.49. The highest BCUT2D eigenvalue weighted by molar-refractivity contribution is 9.10. The van der Waals surface area contributed by atoms with Gasteiger partial charge in [0.25, 0.3) is 5.91 Å². The first-order chi connectivity index (χ1) is 9.60. The summed E-state index contributed by atoms with van der Waals surface area (Å²) in [6, 6.07) is 15.1. The Kier molecular flexibility index (Phi) is 4.79. The molecule has 0 bridgehead atoms. The molecule has 2 rings (SSSR count). The number of hydrogen-bond donors (Lipinski definition) is 1. The molecule has 2 N–H and O–H groups in total. The zero-order valence-corrected chi connectivity index (χ0v) is 12.9. The van der Waals surface area contributed by atoms with Crippen LogP contribution in [0.15, 0.2) is 53.0 Å². The molecule has 0 saturated carbocycles. The third-order valence-electron chi connectivity index (χ3n) is 3.09. The second-order valence-electron chi connectivity index (χ2n) is 4.57. The van der Waals surface area contributed by atoms with Crippen LogP contribution in [-0.4, -0.2) is 17.4 Å². The first-order valence-electron chi connectivity index (χ1n) is 6.49. The molecule has 3 nitrogen and oxygen atoms in total. The van der Waals surface area contributed by atoms with Crippen molar-refractivity contribution in [3.63, 3.8) is 0 Å². The van der Waals surface area contributed by atoms with E-state index in [9.17, 15) is 4.79 Å². The number of amides is 1. The molecule has 0 heterocycles. The molecule has 0 fully saturated rings. The molecular weight excluding hydrogens is 316 g/mol. The normalized spacial score (nSPS) is 10.3. The molecule has 0 aliphatic rings. The quantitative estimate of drug-likeness (QED) is 0.868. The van der Waals surface area contributed by atoms with Crippen molar-refractivity contribution in [1.82, 2.24) is 4.90 Å². The van der Waals surface area contributed by atoms with Crippen LogP contribution in [0, 0.1) is 0 Å². The Balaban J connectivity index is 2.15. The van der Waals surface area contributed by atoms with Gasteiger partial charge in [-0.05, 0) is 42.8 Å². The summed E-state index contributed by atoms with van der Waals surface area (Å²) in [6.45, 7) is 3.23. The highest BCUT2D eigenvalue weighted by Gasteiger charge is 2.14. The molecule has 0 aliphatic heterocycles. The minimum atomic E-state index is 0.0330. The topological polar surface area (TPSA) is 46.3 Å². The number of anilines is 1. The van der Waals surface area contributed by atoms with Crippen LogP contribution in [0.3, 0.4) is 0 Å². The summed E-state index contributed by atoms with van der Waals surface area (Å²) in [5.41, 5.74) is 8.17. The molecule has 0 atom stereocenters. The van der Waals surface area contributed by atoms with E-state index in [2.05, 4.69) is 15.9 Å². The molecule has 0 spiro atoms. The molecule has 2 aromatic carbocycles. The lowest BCUT2D eigenvalue weighted by atomic mass is 10.1. The lowest BCUT2D eigenvalue weighted by molar-refractivity contribution is 0.0752. The number of hydrogen-bond acceptors (Lipinski definition) is 2. The highest BCUT2D eigenvalue weighted by Crippen LogP contribution is 2.15. The lowest BCUT2D eigenvalue weighted by Crippen LogP contribution is -2.30. The molecule has 104 valence electrons. The van der Waals surface area contributed by atoms with Crippen molar-refractivity contribution in [1.29, 1.82) is 0 Å². The number of rotatable bonds is 4. The zero-order valence-electron chi connectivity index (χ0n) is 11.3. The number of nitrogen functional groups attached to an aromatic ring is 1. The monoisotopic (exact) mass is 332 g/mol. The Bertz CT molecular complexity index is 596. The third-order valence-corrected chi connectivity index (χ3v) is 3.59. The zero-order chi connectivity index (χ0) is 14.5. The van der Waals surface area contributed by atoms with Crippen LogP contribution in [0.2, 0.25) is 0 Å². The summed E-state index contributed by atoms with van der Waals surface area (Å²) in [4.78, 5) is 14.3. The number of nitrogens with zero attached hydrogens (tertiary/aromatic N) is 1. The van der Waals surface area contributed by atoms with E-state index < -0.39 is 0 Å². The number of benzene rings is 2. The number of nitrogens with two attached hydrogens (primary N) is 1. The van der Waals surface area contributed by atoms with E-state index in [1.807, 2.05) is 60.4 Å². The predicted octanol–water partition coefficient (Wildman–Crippen LogP) is 3.69. The van der Waals surface area contributed by atoms with Crippen molar-refractivity contribution in [2.24, 2.45) is 0 Å². The van der Waals surface area contributed by atoms with Crippen molar-refractivity contribution in [2.75, 3.05) is 12.3 Å². The van der Waals surface area contributed by atoms with Gasteiger partial charge in [0.15, 0.2) is 0 Å². The van der Waals surface area contributed by atoms with Gasteiger partial charge < -0.3 is 10.6 Å².